The Morgan fingerprint density at radius 1 is 1.69 bits per heavy atom. The summed E-state index contributed by atoms with van der Waals surface area (Å²) < 4.78 is 4.86. The zero-order valence-corrected chi connectivity index (χ0v) is 8.08. The van der Waals surface area contributed by atoms with Crippen LogP contribution < -0.4 is 10.6 Å². The summed E-state index contributed by atoms with van der Waals surface area (Å²) in [6, 6.07) is 0.113. The lowest BCUT2D eigenvalue weighted by Crippen LogP contribution is -2.33. The number of ether oxygens (including phenoxy) is 1. The molecular weight excluding hydrogens is 168 g/mol. The summed E-state index contributed by atoms with van der Waals surface area (Å²) >= 11 is 0. The molecule has 13 heavy (non-hydrogen) atoms. The molecule has 0 aromatic carbocycles. The number of nitrogens with zero attached hydrogens (tertiary/aromatic N) is 1. The van der Waals surface area contributed by atoms with Gasteiger partial charge in [0.25, 0.3) is 0 Å². The van der Waals surface area contributed by atoms with Gasteiger partial charge in [0.2, 0.25) is 0 Å². The Bertz CT molecular complexity index is 154. The van der Waals surface area contributed by atoms with E-state index in [0.29, 0.717) is 13.0 Å². The largest absolute Gasteiger partial charge is 0.466 e. The number of carbonyl (C=O) groups excluding carboxylic acids is 1. The second-order valence-electron chi connectivity index (χ2n) is 3.13. The van der Waals surface area contributed by atoms with Crippen molar-refractivity contribution in [2.24, 2.45) is 0 Å². The van der Waals surface area contributed by atoms with Gasteiger partial charge < -0.3 is 10.1 Å². The Hall–Kier alpha value is -0.610. The van der Waals surface area contributed by atoms with E-state index in [1.807, 2.05) is 6.92 Å². The highest BCUT2D eigenvalue weighted by Crippen LogP contribution is 1.98. The summed E-state index contributed by atoms with van der Waals surface area (Å²) in [6.07, 6.45) is 1.49. The third-order valence-electron chi connectivity index (χ3n) is 1.99. The van der Waals surface area contributed by atoms with Gasteiger partial charge in [-0.1, -0.05) is 0 Å². The van der Waals surface area contributed by atoms with Crippen LogP contribution in [-0.2, 0) is 9.53 Å². The van der Waals surface area contributed by atoms with E-state index in [1.54, 1.807) is 0 Å². The minimum Gasteiger partial charge on any atom is -0.466 e. The minimum atomic E-state index is -0.139. The first-order valence-corrected chi connectivity index (χ1v) is 4.86. The van der Waals surface area contributed by atoms with Crippen molar-refractivity contribution in [3.05, 3.63) is 0 Å². The Morgan fingerprint density at radius 2 is 2.54 bits per heavy atom. The minimum absolute atomic E-state index is 0.113. The van der Waals surface area contributed by atoms with Gasteiger partial charge in [-0.05, 0) is 19.9 Å². The van der Waals surface area contributed by atoms with Gasteiger partial charge in [0, 0.05) is 19.1 Å². The zero-order chi connectivity index (χ0) is 9.52. The molecule has 0 bridgehead atoms. The summed E-state index contributed by atoms with van der Waals surface area (Å²) in [4.78, 5) is 11.1. The lowest BCUT2D eigenvalue weighted by molar-refractivity contribution is -0.143. The van der Waals surface area contributed by atoms with Gasteiger partial charge in [-0.25, -0.2) is 5.32 Å². The van der Waals surface area contributed by atoms with E-state index in [0.717, 1.165) is 26.1 Å². The molecule has 1 aliphatic heterocycles. The number of hydrogen-bond donors (Lipinski definition) is 1. The first-order valence-electron chi connectivity index (χ1n) is 4.86. The monoisotopic (exact) mass is 185 g/mol. The van der Waals surface area contributed by atoms with Gasteiger partial charge in [0.05, 0.1) is 13.0 Å². The normalized spacial score (nSPS) is 23.6. The third kappa shape index (κ3) is 4.24. The van der Waals surface area contributed by atoms with Crippen molar-refractivity contribution in [1.29, 1.82) is 0 Å². The molecule has 1 fully saturated rings. The van der Waals surface area contributed by atoms with Crippen molar-refractivity contribution in [2.75, 3.05) is 26.2 Å². The quantitative estimate of drug-likeness (QED) is 0.625. The Morgan fingerprint density at radius 3 is 3.31 bits per heavy atom. The van der Waals surface area contributed by atoms with Gasteiger partial charge >= 0.3 is 5.97 Å². The molecule has 1 rings (SSSR count). The lowest BCUT2D eigenvalue weighted by Gasteiger charge is -2.12. The zero-order valence-electron chi connectivity index (χ0n) is 8.08. The van der Waals surface area contributed by atoms with Gasteiger partial charge in [-0.2, -0.15) is 0 Å². The number of rotatable bonds is 3. The van der Waals surface area contributed by atoms with Crippen molar-refractivity contribution in [3.8, 4) is 0 Å². The molecule has 0 aromatic heterocycles. The molecule has 1 N–H and O–H groups in total. The molecule has 1 heterocycles. The van der Waals surface area contributed by atoms with E-state index < -0.39 is 0 Å². The average Bonchev–Trinajstić information content (AvgIpc) is 2.33. The van der Waals surface area contributed by atoms with E-state index in [4.69, 9.17) is 4.74 Å². The predicted molar refractivity (Wildman–Crippen MR) is 49.5 cm³/mol. The molecule has 0 amide bonds. The van der Waals surface area contributed by atoms with Crippen molar-refractivity contribution in [3.63, 3.8) is 0 Å². The Labute approximate surface area is 79.0 Å². The molecule has 0 aromatic rings. The van der Waals surface area contributed by atoms with E-state index >= 15 is 0 Å². The summed E-state index contributed by atoms with van der Waals surface area (Å²) in [6.45, 7) is 4.94. The van der Waals surface area contributed by atoms with E-state index in [9.17, 15) is 4.79 Å². The molecule has 0 saturated carbocycles. The van der Waals surface area contributed by atoms with Crippen LogP contribution in [0.4, 0.5) is 0 Å². The highest BCUT2D eigenvalue weighted by molar-refractivity contribution is 5.70. The number of hydrogen-bond acceptors (Lipinski definition) is 3. The fourth-order valence-electron chi connectivity index (χ4n) is 1.36. The SMILES string of the molecule is CCOC(=O)CC1CNCCC[N]1. The molecule has 4 heteroatoms. The second kappa shape index (κ2) is 5.94. The van der Waals surface area contributed by atoms with E-state index in [-0.39, 0.29) is 12.0 Å². The maximum atomic E-state index is 11.1. The standard InChI is InChI=1S/C9H17N2O2/c1-2-13-9(12)6-8-7-10-4-3-5-11-8/h8,10H,2-7H2,1H3. The summed E-state index contributed by atoms with van der Waals surface area (Å²) in [5, 5.41) is 7.63. The Kier molecular flexibility index (Phi) is 4.78. The topological polar surface area (TPSA) is 52.4 Å². The van der Waals surface area contributed by atoms with Crippen LogP contribution in [0.2, 0.25) is 0 Å². The van der Waals surface area contributed by atoms with Gasteiger partial charge in [-0.3, -0.25) is 4.79 Å². The van der Waals surface area contributed by atoms with Crippen molar-refractivity contribution in [2.45, 2.75) is 25.8 Å². The fourth-order valence-corrected chi connectivity index (χ4v) is 1.36. The van der Waals surface area contributed by atoms with Crippen molar-refractivity contribution < 1.29 is 9.53 Å². The van der Waals surface area contributed by atoms with Crippen LogP contribution in [0, 0.1) is 0 Å². The van der Waals surface area contributed by atoms with Crippen LogP contribution in [0.15, 0.2) is 0 Å². The smallest absolute Gasteiger partial charge is 0.307 e. The lowest BCUT2D eigenvalue weighted by atomic mass is 10.2. The molecule has 1 aliphatic rings. The summed E-state index contributed by atoms with van der Waals surface area (Å²) in [5.74, 6) is -0.139. The first-order chi connectivity index (χ1) is 6.33. The van der Waals surface area contributed by atoms with Crippen LogP contribution in [0.5, 0.6) is 0 Å². The van der Waals surface area contributed by atoms with Crippen LogP contribution >= 0.6 is 0 Å². The van der Waals surface area contributed by atoms with Crippen LogP contribution in [-0.4, -0.2) is 38.3 Å². The van der Waals surface area contributed by atoms with Crippen LogP contribution in [0.3, 0.4) is 0 Å². The molecule has 1 unspecified atom stereocenters. The highest BCUT2D eigenvalue weighted by Gasteiger charge is 2.16. The molecule has 75 valence electrons. The second-order valence-corrected chi connectivity index (χ2v) is 3.13. The highest BCUT2D eigenvalue weighted by atomic mass is 16.5. The van der Waals surface area contributed by atoms with Gasteiger partial charge in [-0.15, -0.1) is 0 Å². The Balaban J connectivity index is 2.21. The fraction of sp³-hybridized carbons (Fsp3) is 0.889. The average molecular weight is 185 g/mol. The third-order valence-corrected chi connectivity index (χ3v) is 1.99. The predicted octanol–water partition coefficient (Wildman–Crippen LogP) is -0.0941. The van der Waals surface area contributed by atoms with Gasteiger partial charge in [0.1, 0.15) is 0 Å². The van der Waals surface area contributed by atoms with Crippen LogP contribution in [0.1, 0.15) is 19.8 Å². The number of esters is 1. The van der Waals surface area contributed by atoms with Gasteiger partial charge in [0.15, 0.2) is 0 Å². The molecular formula is C9H17N2O2. The summed E-state index contributed by atoms with van der Waals surface area (Å²) in [5.41, 5.74) is 0. The molecule has 0 spiro atoms. The number of carbonyl (C=O) groups is 1. The molecule has 1 atom stereocenters. The first kappa shape index (κ1) is 10.5. The number of nitrogens with one attached hydrogen (secondary N) is 1. The van der Waals surface area contributed by atoms with E-state index in [2.05, 4.69) is 10.6 Å². The van der Waals surface area contributed by atoms with Crippen LogP contribution in [0.25, 0.3) is 0 Å². The molecule has 1 radical (unpaired) electrons. The van der Waals surface area contributed by atoms with Crippen molar-refractivity contribution >= 4 is 5.97 Å². The maximum Gasteiger partial charge on any atom is 0.307 e. The molecule has 4 nitrogen and oxygen atoms in total. The maximum absolute atomic E-state index is 11.1. The van der Waals surface area contributed by atoms with Crippen molar-refractivity contribution in [1.82, 2.24) is 10.6 Å². The molecule has 1 saturated heterocycles. The van der Waals surface area contributed by atoms with E-state index in [1.165, 1.54) is 0 Å². The molecule has 0 aliphatic carbocycles. The summed E-state index contributed by atoms with van der Waals surface area (Å²) in [7, 11) is 0.